The molecule has 0 radical (unpaired) electrons. The van der Waals surface area contributed by atoms with Crippen molar-refractivity contribution in [2.45, 2.75) is 401 Å². The van der Waals surface area contributed by atoms with E-state index in [0.29, 0.717) is 12.8 Å². The number of ether oxygens (including phenoxy) is 6. The third-order valence-corrected chi connectivity index (χ3v) is 18.8. The van der Waals surface area contributed by atoms with Gasteiger partial charge in [0, 0.05) is 6.42 Å². The molecule has 0 aliphatic carbocycles. The van der Waals surface area contributed by atoms with Crippen molar-refractivity contribution in [3.63, 3.8) is 0 Å². The van der Waals surface area contributed by atoms with Crippen molar-refractivity contribution in [3.05, 3.63) is 24.3 Å². The lowest BCUT2D eigenvalue weighted by Crippen LogP contribution is -2.66. The third kappa shape index (κ3) is 35.9. The Bertz CT molecular complexity index is 1750. The van der Waals surface area contributed by atoms with E-state index in [9.17, 15) is 61.0 Å². The van der Waals surface area contributed by atoms with Crippen LogP contribution in [0.1, 0.15) is 296 Å². The van der Waals surface area contributed by atoms with Crippen molar-refractivity contribution < 1.29 is 89.4 Å². The van der Waals surface area contributed by atoms with Crippen molar-refractivity contribution >= 4 is 5.91 Å². The fraction of sp³-hybridized carbons (Fsp3) is 0.931. The molecule has 3 rings (SSSR count). The van der Waals surface area contributed by atoms with Gasteiger partial charge in [0.15, 0.2) is 18.9 Å². The number of carbonyl (C=O) groups excluding carboxylic acids is 1. The van der Waals surface area contributed by atoms with Crippen LogP contribution in [0.5, 0.6) is 0 Å². The molecule has 0 spiro atoms. The highest BCUT2D eigenvalue weighted by Crippen LogP contribution is 2.33. The Hall–Kier alpha value is -1.73. The monoisotopic (exact) mass is 1300 g/mol. The van der Waals surface area contributed by atoms with Crippen LogP contribution < -0.4 is 5.32 Å². The van der Waals surface area contributed by atoms with Crippen LogP contribution in [0.4, 0.5) is 0 Å². The van der Waals surface area contributed by atoms with E-state index < -0.39 is 124 Å². The summed E-state index contributed by atoms with van der Waals surface area (Å²) in [5.41, 5.74) is 0. The molecule has 0 aromatic rings. The Morgan fingerprint density at radius 3 is 1.10 bits per heavy atom. The molecule has 0 aromatic heterocycles. The van der Waals surface area contributed by atoms with Crippen LogP contribution in [0.15, 0.2) is 24.3 Å². The number of hydrogen-bond donors (Lipinski definition) is 12. The van der Waals surface area contributed by atoms with Crippen LogP contribution in [0, 0.1) is 0 Å². The zero-order chi connectivity index (χ0) is 66.1. The summed E-state index contributed by atoms with van der Waals surface area (Å²) in [5.74, 6) is -0.279. The number of unbranched alkanes of at least 4 members (excludes halogenated alkanes) is 40. The molecular weight excluding hydrogens is 1170 g/mol. The molecule has 17 atom stereocenters. The van der Waals surface area contributed by atoms with Gasteiger partial charge in [-0.15, -0.1) is 0 Å². The molecule has 0 aromatic carbocycles. The number of amides is 1. The average Bonchev–Trinajstić information content (AvgIpc) is 0.888. The number of hydrogen-bond acceptors (Lipinski definition) is 18. The summed E-state index contributed by atoms with van der Waals surface area (Å²) in [4.78, 5) is 13.4. The number of nitrogens with one attached hydrogen (secondary N) is 1. The lowest BCUT2D eigenvalue weighted by atomic mass is 9.96. The molecule has 1 amide bonds. The predicted octanol–water partition coefficient (Wildman–Crippen LogP) is 10.6. The fourth-order valence-corrected chi connectivity index (χ4v) is 12.7. The minimum atomic E-state index is -1.98. The first kappa shape index (κ1) is 83.5. The van der Waals surface area contributed by atoms with Crippen LogP contribution in [-0.4, -0.2) is 193 Å². The number of aliphatic hydroxyl groups is 11. The van der Waals surface area contributed by atoms with Crippen molar-refractivity contribution in [3.8, 4) is 0 Å². The number of rotatable bonds is 58. The maximum Gasteiger partial charge on any atom is 0.220 e. The van der Waals surface area contributed by atoms with E-state index >= 15 is 0 Å². The molecule has 3 saturated heterocycles. The highest BCUT2D eigenvalue weighted by atomic mass is 16.8. The molecule has 19 nitrogen and oxygen atoms in total. The van der Waals surface area contributed by atoms with Crippen LogP contribution >= 0.6 is 0 Å². The van der Waals surface area contributed by atoms with Crippen molar-refractivity contribution in [2.75, 3.05) is 26.4 Å². The second kappa shape index (κ2) is 54.3. The standard InChI is InChI=1S/C72H135NO18/c1-3-5-7-9-11-13-15-17-19-21-23-24-25-26-27-28-29-30-32-34-36-38-40-42-44-46-48-50-60(78)73-55(56(77)49-47-45-43-41-39-37-35-33-31-22-20-18-16-14-12-10-8-6-4-2)54-86-70-66(84)63(81)68(58(52-75)88-70)91-72-67(85)64(82)69(59(53-76)89-72)90-71-65(83)62(80)61(79)57(51-74)87-71/h39,41,47,49,55-59,61-72,74-77,79-85H,3-38,40,42-46,48,50-54H2,1-2H3,(H,73,78)/b41-39+,49-47+. The minimum absolute atomic E-state index is 0.241. The first-order chi connectivity index (χ1) is 44.3. The average molecular weight is 1300 g/mol. The quantitative estimate of drug-likeness (QED) is 0.0199. The highest BCUT2D eigenvalue weighted by Gasteiger charge is 2.53. The molecule has 0 saturated carbocycles. The number of carbonyl (C=O) groups is 1. The second-order valence-corrected chi connectivity index (χ2v) is 26.8. The summed E-state index contributed by atoms with van der Waals surface area (Å²) in [6.07, 6.45) is 35.9. The second-order valence-electron chi connectivity index (χ2n) is 26.8. The Balaban J connectivity index is 1.41. The van der Waals surface area contributed by atoms with E-state index in [2.05, 4.69) is 31.3 Å². The van der Waals surface area contributed by atoms with Gasteiger partial charge in [0.25, 0.3) is 0 Å². The van der Waals surface area contributed by atoms with Gasteiger partial charge in [-0.3, -0.25) is 4.79 Å². The van der Waals surface area contributed by atoms with Gasteiger partial charge in [-0.05, 0) is 32.1 Å². The van der Waals surface area contributed by atoms with E-state index in [0.717, 1.165) is 38.5 Å². The third-order valence-electron chi connectivity index (χ3n) is 18.8. The summed E-state index contributed by atoms with van der Waals surface area (Å²) >= 11 is 0. The molecule has 19 heteroatoms. The van der Waals surface area contributed by atoms with Gasteiger partial charge in [0.05, 0.1) is 38.6 Å². The van der Waals surface area contributed by atoms with Crippen molar-refractivity contribution in [1.29, 1.82) is 0 Å². The van der Waals surface area contributed by atoms with Gasteiger partial charge in [0.1, 0.15) is 73.2 Å². The zero-order valence-corrected chi connectivity index (χ0v) is 56.8. The first-order valence-electron chi connectivity index (χ1n) is 37.1. The maximum atomic E-state index is 13.4. The van der Waals surface area contributed by atoms with Crippen LogP contribution in [0.2, 0.25) is 0 Å². The molecule has 3 heterocycles. The topological polar surface area (TPSA) is 307 Å². The van der Waals surface area contributed by atoms with Gasteiger partial charge in [-0.25, -0.2) is 0 Å². The Labute approximate surface area is 549 Å². The van der Waals surface area contributed by atoms with E-state index in [4.69, 9.17) is 28.4 Å². The molecule has 3 aliphatic rings. The summed E-state index contributed by atoms with van der Waals surface area (Å²) < 4.78 is 34.4. The Kier molecular flexibility index (Phi) is 49.8. The molecule has 536 valence electrons. The maximum absolute atomic E-state index is 13.4. The lowest BCUT2D eigenvalue weighted by Gasteiger charge is -2.48. The first-order valence-corrected chi connectivity index (χ1v) is 37.1. The minimum Gasteiger partial charge on any atom is -0.394 e. The zero-order valence-electron chi connectivity index (χ0n) is 56.8. The Morgan fingerprint density at radius 2 is 0.703 bits per heavy atom. The SMILES string of the molecule is CCCCCCCCCCCCCCC/C=C/CC/C=C/C(O)C(COC1OC(CO)C(OC2OC(CO)C(OC3OC(CO)C(O)C(O)C3O)C(O)C2O)C(O)C1O)NC(=O)CCCCCCCCCCCCCCCCCCCCCCCCCCCCC. The molecule has 91 heavy (non-hydrogen) atoms. The van der Waals surface area contributed by atoms with E-state index in [1.54, 1.807) is 6.08 Å². The number of allylic oxidation sites excluding steroid dienone is 3. The predicted molar refractivity (Wildman–Crippen MR) is 356 cm³/mol. The van der Waals surface area contributed by atoms with E-state index in [1.807, 2.05) is 6.08 Å². The van der Waals surface area contributed by atoms with Crippen molar-refractivity contribution in [1.82, 2.24) is 5.32 Å². The highest BCUT2D eigenvalue weighted by molar-refractivity contribution is 5.76. The molecule has 12 N–H and O–H groups in total. The van der Waals surface area contributed by atoms with E-state index in [-0.39, 0.29) is 18.9 Å². The molecule has 3 fully saturated rings. The largest absolute Gasteiger partial charge is 0.394 e. The molecule has 3 aliphatic heterocycles. The van der Waals surface area contributed by atoms with Gasteiger partial charge in [-0.1, -0.05) is 282 Å². The Morgan fingerprint density at radius 1 is 0.385 bits per heavy atom. The normalized spacial score (nSPS) is 27.9. The summed E-state index contributed by atoms with van der Waals surface area (Å²) in [6.45, 7) is 1.76. The smallest absolute Gasteiger partial charge is 0.220 e. The van der Waals surface area contributed by atoms with Crippen LogP contribution in [-0.2, 0) is 33.2 Å². The summed E-state index contributed by atoms with van der Waals surface area (Å²) in [6, 6.07) is -0.987. The van der Waals surface area contributed by atoms with Gasteiger partial charge < -0.3 is 89.9 Å². The van der Waals surface area contributed by atoms with Gasteiger partial charge in [-0.2, -0.15) is 0 Å². The summed E-state index contributed by atoms with van der Waals surface area (Å²) in [5, 5.41) is 121. The number of aliphatic hydroxyl groups excluding tert-OH is 11. The molecular formula is C72H135NO18. The molecule has 0 bridgehead atoms. The van der Waals surface area contributed by atoms with E-state index in [1.165, 1.54) is 225 Å². The lowest BCUT2D eigenvalue weighted by molar-refractivity contribution is -0.379. The summed E-state index contributed by atoms with van der Waals surface area (Å²) in [7, 11) is 0. The van der Waals surface area contributed by atoms with Gasteiger partial charge in [0.2, 0.25) is 5.91 Å². The van der Waals surface area contributed by atoms with Crippen LogP contribution in [0.3, 0.4) is 0 Å². The molecule has 17 unspecified atom stereocenters. The van der Waals surface area contributed by atoms with Gasteiger partial charge >= 0.3 is 0 Å². The fourth-order valence-electron chi connectivity index (χ4n) is 12.7. The van der Waals surface area contributed by atoms with Crippen molar-refractivity contribution in [2.24, 2.45) is 0 Å². The van der Waals surface area contributed by atoms with Crippen LogP contribution in [0.25, 0.3) is 0 Å².